The van der Waals surface area contributed by atoms with E-state index in [0.717, 1.165) is 47.9 Å². The zero-order valence-corrected chi connectivity index (χ0v) is 25.0. The van der Waals surface area contributed by atoms with Crippen molar-refractivity contribution < 1.29 is 19.1 Å². The van der Waals surface area contributed by atoms with E-state index < -0.39 is 11.2 Å². The molecule has 0 unspecified atom stereocenters. The summed E-state index contributed by atoms with van der Waals surface area (Å²) in [7, 11) is 0. The molecule has 206 valence electrons. The number of hydrogen-bond donors (Lipinski definition) is 1. The van der Waals surface area contributed by atoms with Gasteiger partial charge >= 0.3 is 6.09 Å². The topological polar surface area (TPSA) is 75.8 Å². The lowest BCUT2D eigenvalue weighted by Crippen LogP contribution is -2.38. The van der Waals surface area contributed by atoms with Crippen LogP contribution in [0.4, 0.5) is 4.79 Å². The smallest absolute Gasteiger partial charge is 0.410 e. The highest BCUT2D eigenvalue weighted by atomic mass is 79.9. The third-order valence-corrected chi connectivity index (χ3v) is 8.37. The second-order valence-corrected chi connectivity index (χ2v) is 12.9. The van der Waals surface area contributed by atoms with Gasteiger partial charge in [-0.25, -0.2) is 9.78 Å². The zero-order chi connectivity index (χ0) is 27.2. The summed E-state index contributed by atoms with van der Waals surface area (Å²) in [5.41, 5.74) is 0.215. The molecule has 1 aliphatic rings. The number of alkyl halides is 1. The number of thiophene rings is 1. The lowest BCUT2D eigenvalue weighted by molar-refractivity contribution is -0.0240. The van der Waals surface area contributed by atoms with Gasteiger partial charge in [-0.2, -0.15) is 0 Å². The predicted molar refractivity (Wildman–Crippen MR) is 155 cm³/mol. The molecular formula is C30H39BrN2O4S. The Hall–Kier alpha value is -2.16. The van der Waals surface area contributed by atoms with Gasteiger partial charge in [0.25, 0.3) is 0 Å². The fraction of sp³-hybridized carbons (Fsp3) is 0.533. The number of benzene rings is 1. The first-order valence-electron chi connectivity index (χ1n) is 13.5. The third kappa shape index (κ3) is 7.27. The highest BCUT2D eigenvalue weighted by molar-refractivity contribution is 9.09. The van der Waals surface area contributed by atoms with Crippen molar-refractivity contribution in [2.24, 2.45) is 5.92 Å². The van der Waals surface area contributed by atoms with E-state index >= 15 is 0 Å². The van der Waals surface area contributed by atoms with Crippen LogP contribution in [0, 0.1) is 5.92 Å². The second-order valence-electron chi connectivity index (χ2n) is 11.1. The van der Waals surface area contributed by atoms with Crippen LogP contribution in [0.2, 0.25) is 0 Å². The lowest BCUT2D eigenvalue weighted by atomic mass is 9.73. The maximum absolute atomic E-state index is 13.1. The first kappa shape index (κ1) is 28.8. The van der Waals surface area contributed by atoms with Gasteiger partial charge in [0.05, 0.1) is 12.7 Å². The van der Waals surface area contributed by atoms with Crippen LogP contribution < -0.4 is 0 Å². The molecule has 2 heterocycles. The van der Waals surface area contributed by atoms with Crippen molar-refractivity contribution in [2.45, 2.75) is 83.5 Å². The minimum Gasteiger partial charge on any atom is -0.444 e. The number of amides is 1. The summed E-state index contributed by atoms with van der Waals surface area (Å²) in [5, 5.41) is 15.1. The largest absolute Gasteiger partial charge is 0.444 e. The van der Waals surface area contributed by atoms with Crippen molar-refractivity contribution in [1.82, 2.24) is 9.88 Å². The van der Waals surface area contributed by atoms with E-state index in [9.17, 15) is 9.90 Å². The van der Waals surface area contributed by atoms with E-state index in [4.69, 9.17) is 9.15 Å². The normalized spacial score (nSPS) is 16.2. The quantitative estimate of drug-likeness (QED) is 0.244. The molecule has 0 spiro atoms. The van der Waals surface area contributed by atoms with Crippen LogP contribution >= 0.6 is 27.3 Å². The fourth-order valence-electron chi connectivity index (χ4n) is 5.09. The van der Waals surface area contributed by atoms with Crippen molar-refractivity contribution in [2.75, 3.05) is 11.9 Å². The Kier molecular flexibility index (Phi) is 9.71. The van der Waals surface area contributed by atoms with Gasteiger partial charge in [0.15, 0.2) is 5.60 Å². The van der Waals surface area contributed by atoms with Gasteiger partial charge in [-0.05, 0) is 62.6 Å². The zero-order valence-electron chi connectivity index (χ0n) is 22.6. The Labute approximate surface area is 238 Å². The van der Waals surface area contributed by atoms with E-state index in [1.54, 1.807) is 22.4 Å². The number of halogens is 1. The monoisotopic (exact) mass is 602 g/mol. The summed E-state index contributed by atoms with van der Waals surface area (Å²) in [5.74, 6) is 1.04. The van der Waals surface area contributed by atoms with Gasteiger partial charge in [0.2, 0.25) is 5.89 Å². The van der Waals surface area contributed by atoms with Crippen molar-refractivity contribution in [3.8, 4) is 0 Å². The molecule has 1 aromatic carbocycles. The highest BCUT2D eigenvalue weighted by Gasteiger charge is 2.44. The summed E-state index contributed by atoms with van der Waals surface area (Å²) < 4.78 is 11.9. The number of oxazole rings is 1. The summed E-state index contributed by atoms with van der Waals surface area (Å²) >= 11 is 5.15. The minimum atomic E-state index is -1.27. The number of hydrogen-bond acceptors (Lipinski definition) is 6. The molecule has 2 aromatic heterocycles. The molecule has 1 N–H and O–H groups in total. The maximum atomic E-state index is 13.1. The number of aryl methyl sites for hydroxylation is 1. The average molecular weight is 604 g/mol. The molecule has 6 nitrogen and oxygen atoms in total. The second kappa shape index (κ2) is 12.8. The SMILES string of the molecule is CC(C)(C)OC(=O)N(CCc1cnc([C@](O)(c2ccccc2)C2CCCCC2)o1)Cc1cc(CCBr)cs1. The summed E-state index contributed by atoms with van der Waals surface area (Å²) in [6.45, 7) is 6.52. The van der Waals surface area contributed by atoms with Gasteiger partial charge in [-0.3, -0.25) is 0 Å². The molecule has 0 bridgehead atoms. The molecule has 1 fully saturated rings. The third-order valence-electron chi connectivity index (χ3n) is 7.01. The average Bonchev–Trinajstić information content (AvgIpc) is 3.56. The summed E-state index contributed by atoms with van der Waals surface area (Å²) in [6, 6.07) is 11.9. The Morgan fingerprint density at radius 3 is 2.61 bits per heavy atom. The Balaban J connectivity index is 1.52. The van der Waals surface area contributed by atoms with E-state index in [1.807, 2.05) is 51.1 Å². The lowest BCUT2D eigenvalue weighted by Gasteiger charge is -2.36. The first-order chi connectivity index (χ1) is 18.2. The standard InChI is InChI=1S/C30H39BrN2O4S/c1-29(2,3)37-28(34)33(20-26-18-22(14-16-31)21-38-26)17-15-25-19-32-27(36-25)30(35,23-10-6-4-7-11-23)24-12-8-5-9-13-24/h4,6-7,10-11,18-19,21,24,35H,5,8-9,12-17,20H2,1-3H3/t30-/m0/s1. The Morgan fingerprint density at radius 2 is 1.92 bits per heavy atom. The molecule has 1 aliphatic carbocycles. The molecular weight excluding hydrogens is 564 g/mol. The molecule has 38 heavy (non-hydrogen) atoms. The first-order valence-corrected chi connectivity index (χ1v) is 15.5. The molecule has 1 saturated carbocycles. The van der Waals surface area contributed by atoms with Crippen molar-refractivity contribution >= 4 is 33.4 Å². The van der Waals surface area contributed by atoms with E-state index in [-0.39, 0.29) is 12.0 Å². The maximum Gasteiger partial charge on any atom is 0.410 e. The van der Waals surface area contributed by atoms with E-state index in [0.29, 0.717) is 31.2 Å². The number of carbonyl (C=O) groups excluding carboxylic acids is 1. The molecule has 3 aromatic rings. The molecule has 1 amide bonds. The van der Waals surface area contributed by atoms with Gasteiger partial charge in [0, 0.05) is 29.1 Å². The van der Waals surface area contributed by atoms with E-state index in [2.05, 4.69) is 32.4 Å². The van der Waals surface area contributed by atoms with Gasteiger partial charge in [0.1, 0.15) is 11.4 Å². The highest BCUT2D eigenvalue weighted by Crippen LogP contribution is 2.43. The fourth-order valence-corrected chi connectivity index (χ4v) is 6.49. The van der Waals surface area contributed by atoms with Crippen molar-refractivity contribution in [1.29, 1.82) is 0 Å². The van der Waals surface area contributed by atoms with Gasteiger partial charge < -0.3 is 19.2 Å². The number of ether oxygens (including phenoxy) is 1. The molecule has 1 atom stereocenters. The molecule has 8 heteroatoms. The molecule has 0 saturated heterocycles. The van der Waals surface area contributed by atoms with Crippen molar-refractivity contribution in [3.63, 3.8) is 0 Å². The van der Waals surface area contributed by atoms with Gasteiger partial charge in [-0.15, -0.1) is 11.3 Å². The van der Waals surface area contributed by atoms with Crippen LogP contribution in [0.1, 0.15) is 80.5 Å². The van der Waals surface area contributed by atoms with Crippen molar-refractivity contribution in [3.05, 3.63) is 75.6 Å². The minimum absolute atomic E-state index is 0.0518. The van der Waals surface area contributed by atoms with Crippen LogP contribution in [0.15, 0.2) is 52.4 Å². The number of aromatic nitrogens is 1. The van der Waals surface area contributed by atoms with Crippen LogP contribution in [-0.4, -0.2) is 38.6 Å². The summed E-state index contributed by atoms with van der Waals surface area (Å²) in [6.07, 6.45) is 8.03. The Bertz CT molecular complexity index is 1170. The number of rotatable bonds is 10. The van der Waals surface area contributed by atoms with Crippen LogP contribution in [0.25, 0.3) is 0 Å². The number of carbonyl (C=O) groups is 1. The molecule has 0 aliphatic heterocycles. The number of nitrogens with zero attached hydrogens (tertiary/aromatic N) is 2. The van der Waals surface area contributed by atoms with Crippen LogP contribution in [0.5, 0.6) is 0 Å². The summed E-state index contributed by atoms with van der Waals surface area (Å²) in [4.78, 5) is 20.5. The van der Waals surface area contributed by atoms with Crippen LogP contribution in [0.3, 0.4) is 0 Å². The molecule has 4 rings (SSSR count). The van der Waals surface area contributed by atoms with Crippen LogP contribution in [-0.2, 0) is 29.7 Å². The number of aliphatic hydroxyl groups is 1. The Morgan fingerprint density at radius 1 is 1.18 bits per heavy atom. The van der Waals surface area contributed by atoms with Gasteiger partial charge in [-0.1, -0.05) is 65.5 Å². The van der Waals surface area contributed by atoms with E-state index in [1.165, 1.54) is 12.0 Å². The molecule has 0 radical (unpaired) electrons. The predicted octanol–water partition coefficient (Wildman–Crippen LogP) is 7.47.